The molecule has 0 radical (unpaired) electrons. The van der Waals surface area contributed by atoms with Crippen molar-refractivity contribution in [3.63, 3.8) is 0 Å². The quantitative estimate of drug-likeness (QED) is 0.106. The molecule has 200 valence electrons. The Morgan fingerprint density at radius 1 is 0.424 bits per heavy atom. The van der Waals surface area contributed by atoms with Gasteiger partial charge in [-0.1, -0.05) is 116 Å². The van der Waals surface area contributed by atoms with Crippen LogP contribution in [0.3, 0.4) is 0 Å². The maximum absolute atomic E-state index is 9.00. The zero-order valence-electron chi connectivity index (χ0n) is 21.8. The first-order valence-electron chi connectivity index (χ1n) is 14.0. The van der Waals surface area contributed by atoms with E-state index in [0.717, 1.165) is 26.1 Å². The van der Waals surface area contributed by atoms with Gasteiger partial charge in [0.15, 0.2) is 0 Å². The van der Waals surface area contributed by atoms with Crippen LogP contribution in [0.25, 0.3) is 0 Å². The maximum atomic E-state index is 9.00. The van der Waals surface area contributed by atoms with Crippen molar-refractivity contribution < 1.29 is 19.7 Å². The van der Waals surface area contributed by atoms with Gasteiger partial charge in [0.05, 0.1) is 0 Å². The molecule has 0 heterocycles. The van der Waals surface area contributed by atoms with Gasteiger partial charge in [-0.05, 0) is 25.7 Å². The smallest absolute Gasteiger partial charge is 0.309 e. The molecule has 6 nitrogen and oxygen atoms in total. The minimum atomic E-state index is -0.833. The summed E-state index contributed by atoms with van der Waals surface area (Å²) in [5.41, 5.74) is 8.50. The van der Waals surface area contributed by atoms with Crippen LogP contribution in [0.4, 0.5) is 4.79 Å². The van der Waals surface area contributed by atoms with Crippen LogP contribution in [-0.4, -0.2) is 42.7 Å². The van der Waals surface area contributed by atoms with E-state index >= 15 is 0 Å². The lowest BCUT2D eigenvalue weighted by Gasteiger charge is -2.05. The van der Waals surface area contributed by atoms with Gasteiger partial charge in [-0.25, -0.2) is 4.79 Å². The first kappa shape index (κ1) is 34.3. The fraction of sp³-hybridized carbons (Fsp3) is 0.963. The standard InChI is InChI=1S/C26H54O3.CH4N2O/c27-23-19-15-11-7-3-1-5-9-13-17-21-25-29-26-22-18-14-10-6-2-4-8-12-16-20-24-28;2-1(3)4/h27-28H,1-26H2;(H4,2,3,4). The fourth-order valence-corrected chi connectivity index (χ4v) is 3.92. The number of hydrogen-bond donors (Lipinski definition) is 4. The zero-order valence-corrected chi connectivity index (χ0v) is 21.8. The third-order valence-corrected chi connectivity index (χ3v) is 5.89. The summed E-state index contributed by atoms with van der Waals surface area (Å²) in [7, 11) is 0. The lowest BCUT2D eigenvalue weighted by molar-refractivity contribution is 0.125. The van der Waals surface area contributed by atoms with Crippen LogP contribution in [-0.2, 0) is 4.74 Å². The van der Waals surface area contributed by atoms with Gasteiger partial charge in [-0.3, -0.25) is 0 Å². The van der Waals surface area contributed by atoms with Crippen LogP contribution in [0.15, 0.2) is 0 Å². The fourth-order valence-electron chi connectivity index (χ4n) is 3.92. The van der Waals surface area contributed by atoms with E-state index in [1.807, 2.05) is 0 Å². The second kappa shape index (κ2) is 33.3. The molecule has 0 aromatic carbocycles. The molecule has 0 spiro atoms. The minimum absolute atomic E-state index is 0.359. The van der Waals surface area contributed by atoms with Crippen molar-refractivity contribution in [3.05, 3.63) is 0 Å². The number of aliphatic hydroxyl groups excluding tert-OH is 2. The van der Waals surface area contributed by atoms with E-state index in [-0.39, 0.29) is 0 Å². The van der Waals surface area contributed by atoms with Crippen molar-refractivity contribution in [1.82, 2.24) is 0 Å². The van der Waals surface area contributed by atoms with Crippen LogP contribution < -0.4 is 11.5 Å². The van der Waals surface area contributed by atoms with Gasteiger partial charge in [0.1, 0.15) is 0 Å². The number of ether oxygens (including phenoxy) is 1. The van der Waals surface area contributed by atoms with Crippen LogP contribution >= 0.6 is 0 Å². The average Bonchev–Trinajstić information content (AvgIpc) is 2.79. The number of carbonyl (C=O) groups is 1. The van der Waals surface area contributed by atoms with Gasteiger partial charge in [0, 0.05) is 26.4 Å². The molecule has 0 unspecified atom stereocenters. The highest BCUT2D eigenvalue weighted by molar-refractivity contribution is 5.69. The Balaban J connectivity index is 0. The van der Waals surface area contributed by atoms with Gasteiger partial charge < -0.3 is 26.4 Å². The second-order valence-electron chi connectivity index (χ2n) is 9.24. The number of rotatable bonds is 26. The third kappa shape index (κ3) is 41.8. The van der Waals surface area contributed by atoms with Crippen LogP contribution in [0.2, 0.25) is 0 Å². The minimum Gasteiger partial charge on any atom is -0.396 e. The molecule has 0 fully saturated rings. The Hall–Kier alpha value is -0.850. The lowest BCUT2D eigenvalue weighted by atomic mass is 10.1. The molecular weight excluding hydrogens is 416 g/mol. The molecule has 33 heavy (non-hydrogen) atoms. The highest BCUT2D eigenvalue weighted by atomic mass is 16.5. The molecule has 0 aromatic rings. The Bertz CT molecular complexity index is 327. The number of amides is 2. The Morgan fingerprint density at radius 3 is 0.818 bits per heavy atom. The van der Waals surface area contributed by atoms with E-state index < -0.39 is 6.03 Å². The van der Waals surface area contributed by atoms with E-state index in [9.17, 15) is 0 Å². The van der Waals surface area contributed by atoms with Gasteiger partial charge >= 0.3 is 6.03 Å². The third-order valence-electron chi connectivity index (χ3n) is 5.89. The van der Waals surface area contributed by atoms with E-state index in [1.54, 1.807) is 0 Å². The molecule has 0 saturated heterocycles. The molecule has 6 heteroatoms. The number of carbonyl (C=O) groups excluding carboxylic acids is 1. The van der Waals surface area contributed by atoms with E-state index in [2.05, 4.69) is 11.5 Å². The summed E-state index contributed by atoms with van der Waals surface area (Å²) >= 11 is 0. The molecule has 0 rings (SSSR count). The van der Waals surface area contributed by atoms with Crippen molar-refractivity contribution in [2.45, 2.75) is 141 Å². The summed E-state index contributed by atoms with van der Waals surface area (Å²) < 4.78 is 5.78. The van der Waals surface area contributed by atoms with Crippen molar-refractivity contribution in [2.75, 3.05) is 26.4 Å². The zero-order chi connectivity index (χ0) is 24.7. The summed E-state index contributed by atoms with van der Waals surface area (Å²) in [6.07, 6.45) is 28.6. The molecule has 2 amide bonds. The predicted octanol–water partition coefficient (Wildman–Crippen LogP) is 6.59. The molecule has 6 N–H and O–H groups in total. The van der Waals surface area contributed by atoms with Crippen LogP contribution in [0, 0.1) is 0 Å². The maximum Gasteiger partial charge on any atom is 0.309 e. The van der Waals surface area contributed by atoms with Gasteiger partial charge in [0.2, 0.25) is 0 Å². The molecule has 0 atom stereocenters. The lowest BCUT2D eigenvalue weighted by Crippen LogP contribution is -2.18. The Kier molecular flexibility index (Phi) is 34.7. The number of urea groups is 1. The first-order valence-corrected chi connectivity index (χ1v) is 14.0. The van der Waals surface area contributed by atoms with Gasteiger partial charge in [-0.15, -0.1) is 0 Å². The summed E-state index contributed by atoms with van der Waals surface area (Å²) in [4.78, 5) is 9.00. The van der Waals surface area contributed by atoms with Crippen molar-refractivity contribution in [1.29, 1.82) is 0 Å². The van der Waals surface area contributed by atoms with Crippen molar-refractivity contribution in [3.8, 4) is 0 Å². The summed E-state index contributed by atoms with van der Waals surface area (Å²) in [5, 5.41) is 17.5. The van der Waals surface area contributed by atoms with E-state index in [4.69, 9.17) is 19.7 Å². The molecule has 0 aromatic heterocycles. The Labute approximate surface area is 205 Å². The predicted molar refractivity (Wildman–Crippen MR) is 140 cm³/mol. The number of unbranched alkanes of at least 4 members (excludes halogenated alkanes) is 20. The number of nitrogens with two attached hydrogens (primary N) is 2. The summed E-state index contributed by atoms with van der Waals surface area (Å²) in [5.74, 6) is 0. The highest BCUT2D eigenvalue weighted by Gasteiger charge is 1.96. The molecule has 0 aliphatic rings. The van der Waals surface area contributed by atoms with Crippen LogP contribution in [0.5, 0.6) is 0 Å². The average molecular weight is 475 g/mol. The molecule has 0 bridgehead atoms. The van der Waals surface area contributed by atoms with Crippen LogP contribution in [0.1, 0.15) is 141 Å². The normalized spacial score (nSPS) is 10.7. The first-order chi connectivity index (χ1) is 16.1. The van der Waals surface area contributed by atoms with Crippen molar-refractivity contribution in [2.24, 2.45) is 11.5 Å². The number of primary amides is 2. The highest BCUT2D eigenvalue weighted by Crippen LogP contribution is 2.12. The molecule has 0 aliphatic heterocycles. The monoisotopic (exact) mass is 474 g/mol. The van der Waals surface area contributed by atoms with E-state index in [0.29, 0.717) is 13.2 Å². The molecular formula is C27H58N2O4. The number of aliphatic hydroxyl groups is 2. The summed E-state index contributed by atoms with van der Waals surface area (Å²) in [6.45, 7) is 2.64. The molecule has 0 aliphatic carbocycles. The topological polar surface area (TPSA) is 119 Å². The van der Waals surface area contributed by atoms with E-state index in [1.165, 1.54) is 128 Å². The van der Waals surface area contributed by atoms with Gasteiger partial charge in [0.25, 0.3) is 0 Å². The molecule has 0 saturated carbocycles. The Morgan fingerprint density at radius 2 is 0.606 bits per heavy atom. The largest absolute Gasteiger partial charge is 0.396 e. The van der Waals surface area contributed by atoms with Crippen molar-refractivity contribution >= 4 is 6.03 Å². The van der Waals surface area contributed by atoms with Gasteiger partial charge in [-0.2, -0.15) is 0 Å². The summed E-state index contributed by atoms with van der Waals surface area (Å²) in [6, 6.07) is -0.833. The number of hydrogen-bond acceptors (Lipinski definition) is 4. The second-order valence-corrected chi connectivity index (χ2v) is 9.24. The SMILES string of the molecule is NC(N)=O.OCCCCCCCCCCCCCOCCCCCCCCCCCCCO.